The Morgan fingerprint density at radius 2 is 2.04 bits per heavy atom. The van der Waals surface area contributed by atoms with E-state index in [0.717, 1.165) is 15.7 Å². The molecule has 0 radical (unpaired) electrons. The lowest BCUT2D eigenvalue weighted by Crippen LogP contribution is -2.24. The lowest BCUT2D eigenvalue weighted by molar-refractivity contribution is 0.153. The van der Waals surface area contributed by atoms with E-state index in [1.54, 1.807) is 16.9 Å². The molecule has 0 spiro atoms. The van der Waals surface area contributed by atoms with Gasteiger partial charge < -0.3 is 10.0 Å². The lowest BCUT2D eigenvalue weighted by Gasteiger charge is -2.10. The predicted octanol–water partition coefficient (Wildman–Crippen LogP) is 4.18. The topological polar surface area (TPSA) is 71.2 Å². The summed E-state index contributed by atoms with van der Waals surface area (Å²) in [6.45, 7) is 0.183. The van der Waals surface area contributed by atoms with Crippen molar-refractivity contribution in [2.24, 2.45) is 0 Å². The number of para-hydroxylation sites is 1. The van der Waals surface area contributed by atoms with Crippen molar-refractivity contribution in [3.63, 3.8) is 0 Å². The summed E-state index contributed by atoms with van der Waals surface area (Å²) in [5.41, 5.74) is 1.36. The van der Waals surface area contributed by atoms with Crippen molar-refractivity contribution in [3.8, 4) is 5.69 Å². The number of nitrogens with zero attached hydrogens (tertiary/aromatic N) is 4. The normalized spacial score (nSPS) is 10.6. The number of carbonyl (C=O) groups is 1. The Balaban J connectivity index is 2.00. The molecule has 3 rings (SSSR count). The number of amides is 1. The molecule has 0 aliphatic carbocycles. The third-order valence-corrected chi connectivity index (χ3v) is 4.65. The fraction of sp³-hybridized carbons (Fsp3) is 0.118. The van der Waals surface area contributed by atoms with Crippen LogP contribution in [0, 0.1) is 0 Å². The highest BCUT2D eigenvalue weighted by atomic mass is 35.5. The van der Waals surface area contributed by atoms with E-state index in [4.69, 9.17) is 16.7 Å². The summed E-state index contributed by atoms with van der Waals surface area (Å²) < 4.78 is 1.71. The number of hydrogen-bond acceptors (Lipinski definition) is 4. The van der Waals surface area contributed by atoms with Crippen LogP contribution in [0.4, 0.5) is 4.79 Å². The summed E-state index contributed by atoms with van der Waals surface area (Å²) in [7, 11) is 1.50. The zero-order chi connectivity index (χ0) is 17.8. The van der Waals surface area contributed by atoms with E-state index in [-0.39, 0.29) is 6.54 Å². The predicted molar refractivity (Wildman–Crippen MR) is 96.4 cm³/mol. The molecule has 0 unspecified atom stereocenters. The van der Waals surface area contributed by atoms with Crippen molar-refractivity contribution in [2.45, 2.75) is 16.6 Å². The molecule has 8 heteroatoms. The Bertz CT molecular complexity index is 885. The molecule has 2 aromatic heterocycles. The molecular weight excluding hydrogens is 360 g/mol. The molecule has 0 bridgehead atoms. The summed E-state index contributed by atoms with van der Waals surface area (Å²) in [5.74, 6) is 0. The van der Waals surface area contributed by atoms with Crippen LogP contribution in [0.15, 0.2) is 64.8 Å². The third-order valence-electron chi connectivity index (χ3n) is 3.38. The minimum absolute atomic E-state index is 0.183. The van der Waals surface area contributed by atoms with E-state index in [9.17, 15) is 4.79 Å². The number of benzene rings is 1. The Hall–Kier alpha value is -2.51. The highest BCUT2D eigenvalue weighted by Gasteiger charge is 2.16. The van der Waals surface area contributed by atoms with Gasteiger partial charge in [-0.15, -0.1) is 0 Å². The second-order valence-corrected chi connectivity index (χ2v) is 6.69. The van der Waals surface area contributed by atoms with Crippen molar-refractivity contribution in [3.05, 3.63) is 65.4 Å². The number of halogens is 1. The molecule has 1 aromatic carbocycles. The first-order chi connectivity index (χ1) is 12.0. The van der Waals surface area contributed by atoms with Crippen LogP contribution in [0.5, 0.6) is 0 Å². The molecule has 3 aromatic rings. The summed E-state index contributed by atoms with van der Waals surface area (Å²) in [6.07, 6.45) is 0.712. The third kappa shape index (κ3) is 4.12. The molecule has 1 amide bonds. The average molecular weight is 375 g/mol. The largest absolute Gasteiger partial charge is 0.465 e. The van der Waals surface area contributed by atoms with Gasteiger partial charge in [0.05, 0.1) is 22.9 Å². The molecule has 0 fully saturated rings. The standard InChI is InChI=1S/C17H15ClN4O2S/c1-21(17(23)24)11-12-10-16(25-15-8-4-5-9-19-15)22(20-12)14-7-3-2-6-13(14)18/h2-10H,11H2,1H3,(H,23,24). The Labute approximate surface area is 154 Å². The Kier molecular flexibility index (Phi) is 5.25. The van der Waals surface area contributed by atoms with Crippen molar-refractivity contribution < 1.29 is 9.90 Å². The van der Waals surface area contributed by atoms with Crippen LogP contribution < -0.4 is 0 Å². The number of aromatic nitrogens is 3. The van der Waals surface area contributed by atoms with Gasteiger partial charge in [0.2, 0.25) is 0 Å². The number of carboxylic acid groups (broad SMARTS) is 1. The van der Waals surface area contributed by atoms with Gasteiger partial charge in [-0.3, -0.25) is 0 Å². The minimum Gasteiger partial charge on any atom is -0.465 e. The maximum absolute atomic E-state index is 11.1. The average Bonchev–Trinajstić information content (AvgIpc) is 2.98. The first kappa shape index (κ1) is 17.3. The van der Waals surface area contributed by atoms with Gasteiger partial charge in [0.1, 0.15) is 10.1 Å². The highest BCUT2D eigenvalue weighted by molar-refractivity contribution is 7.99. The number of pyridine rings is 1. The maximum Gasteiger partial charge on any atom is 0.407 e. The van der Waals surface area contributed by atoms with Crippen LogP contribution in [-0.4, -0.2) is 37.9 Å². The monoisotopic (exact) mass is 374 g/mol. The van der Waals surface area contributed by atoms with E-state index in [0.29, 0.717) is 10.7 Å². The quantitative estimate of drug-likeness (QED) is 0.725. The molecule has 0 atom stereocenters. The zero-order valence-electron chi connectivity index (χ0n) is 13.3. The van der Waals surface area contributed by atoms with Gasteiger partial charge in [0.25, 0.3) is 0 Å². The smallest absolute Gasteiger partial charge is 0.407 e. The molecule has 128 valence electrons. The van der Waals surface area contributed by atoms with Gasteiger partial charge in [0.15, 0.2) is 0 Å². The fourth-order valence-electron chi connectivity index (χ4n) is 2.18. The summed E-state index contributed by atoms with van der Waals surface area (Å²) >= 11 is 7.75. The molecule has 1 N–H and O–H groups in total. The molecule has 0 saturated heterocycles. The van der Waals surface area contributed by atoms with Gasteiger partial charge in [-0.2, -0.15) is 5.10 Å². The Morgan fingerprint density at radius 1 is 1.28 bits per heavy atom. The first-order valence-electron chi connectivity index (χ1n) is 7.41. The number of rotatable bonds is 5. The van der Waals surface area contributed by atoms with Crippen molar-refractivity contribution in [1.29, 1.82) is 0 Å². The van der Waals surface area contributed by atoms with E-state index >= 15 is 0 Å². The van der Waals surface area contributed by atoms with Crippen LogP contribution in [-0.2, 0) is 6.54 Å². The van der Waals surface area contributed by atoms with Gasteiger partial charge in [-0.05, 0) is 42.1 Å². The summed E-state index contributed by atoms with van der Waals surface area (Å²) in [4.78, 5) is 16.6. The first-order valence-corrected chi connectivity index (χ1v) is 8.61. The van der Waals surface area contributed by atoms with Crippen molar-refractivity contribution in [1.82, 2.24) is 19.7 Å². The van der Waals surface area contributed by atoms with Crippen LogP contribution in [0.25, 0.3) is 5.69 Å². The number of hydrogen-bond donors (Lipinski definition) is 1. The second kappa shape index (κ2) is 7.58. The van der Waals surface area contributed by atoms with Gasteiger partial charge in [0, 0.05) is 13.2 Å². The molecular formula is C17H15ClN4O2S. The maximum atomic E-state index is 11.1. The molecule has 0 saturated carbocycles. The SMILES string of the molecule is CN(Cc1cc(Sc2ccccn2)n(-c2ccccc2Cl)n1)C(=O)O. The van der Waals surface area contributed by atoms with Crippen LogP contribution >= 0.6 is 23.4 Å². The molecule has 0 aliphatic rings. The van der Waals surface area contributed by atoms with Crippen molar-refractivity contribution >= 4 is 29.5 Å². The van der Waals surface area contributed by atoms with Gasteiger partial charge in [-0.1, -0.05) is 29.8 Å². The zero-order valence-corrected chi connectivity index (χ0v) is 14.9. The fourth-order valence-corrected chi connectivity index (χ4v) is 3.29. The van der Waals surface area contributed by atoms with Crippen LogP contribution in [0.1, 0.15) is 5.69 Å². The van der Waals surface area contributed by atoms with Crippen molar-refractivity contribution in [2.75, 3.05) is 7.05 Å². The Morgan fingerprint density at radius 3 is 2.72 bits per heavy atom. The van der Waals surface area contributed by atoms with E-state index < -0.39 is 6.09 Å². The van der Waals surface area contributed by atoms with E-state index in [1.807, 2.05) is 42.5 Å². The van der Waals surface area contributed by atoms with E-state index in [1.165, 1.54) is 23.7 Å². The lowest BCUT2D eigenvalue weighted by atomic mass is 10.3. The molecule has 2 heterocycles. The molecule has 6 nitrogen and oxygen atoms in total. The minimum atomic E-state index is -1.01. The van der Waals surface area contributed by atoms with Crippen LogP contribution in [0.3, 0.4) is 0 Å². The van der Waals surface area contributed by atoms with Gasteiger partial charge in [-0.25, -0.2) is 14.5 Å². The van der Waals surface area contributed by atoms with E-state index in [2.05, 4.69) is 10.1 Å². The highest BCUT2D eigenvalue weighted by Crippen LogP contribution is 2.31. The van der Waals surface area contributed by atoms with Crippen LogP contribution in [0.2, 0.25) is 5.02 Å². The second-order valence-electron chi connectivity index (χ2n) is 5.25. The van der Waals surface area contributed by atoms with Gasteiger partial charge >= 0.3 is 6.09 Å². The summed E-state index contributed by atoms with van der Waals surface area (Å²) in [6, 6.07) is 14.9. The molecule has 0 aliphatic heterocycles. The molecule has 25 heavy (non-hydrogen) atoms. The summed E-state index contributed by atoms with van der Waals surface area (Å²) in [5, 5.41) is 15.8.